The van der Waals surface area contributed by atoms with Crippen LogP contribution in [0.3, 0.4) is 0 Å². The molecular formula is C8H12ClNS. The minimum Gasteiger partial charge on any atom is -0.313 e. The highest BCUT2D eigenvalue weighted by Crippen LogP contribution is 2.31. The Kier molecular flexibility index (Phi) is 3.49. The molecule has 0 saturated carbocycles. The van der Waals surface area contributed by atoms with E-state index in [2.05, 4.69) is 16.8 Å². The number of hydrogen-bond acceptors (Lipinski definition) is 2. The first-order chi connectivity index (χ1) is 4.97. The molecule has 0 amide bonds. The van der Waals surface area contributed by atoms with Gasteiger partial charge in [0, 0.05) is 6.54 Å². The van der Waals surface area contributed by atoms with Crippen molar-refractivity contribution in [3.63, 3.8) is 0 Å². The molecule has 0 fully saturated rings. The van der Waals surface area contributed by atoms with E-state index >= 15 is 0 Å². The Bertz CT molecular complexity index is 178. The van der Waals surface area contributed by atoms with Gasteiger partial charge in [-0.15, -0.1) is 24.2 Å². The average Bonchev–Trinajstić information content (AvgIpc) is 2.05. The Morgan fingerprint density at radius 1 is 1.45 bits per heavy atom. The molecule has 0 aliphatic carbocycles. The van der Waals surface area contributed by atoms with Crippen LogP contribution in [0.2, 0.25) is 0 Å². The van der Waals surface area contributed by atoms with Crippen molar-refractivity contribution in [2.45, 2.75) is 12.8 Å². The summed E-state index contributed by atoms with van der Waals surface area (Å²) in [5.74, 6) is 0. The van der Waals surface area contributed by atoms with E-state index in [0.717, 1.165) is 6.54 Å². The Hall–Kier alpha value is 0.0800. The second-order valence-electron chi connectivity index (χ2n) is 2.65. The summed E-state index contributed by atoms with van der Waals surface area (Å²) in [6.45, 7) is 2.28. The SMILES string of the molecule is C1=CSC2=C(C1)CNCC2.Cl. The first-order valence-electron chi connectivity index (χ1n) is 3.70. The molecule has 0 bridgehead atoms. The van der Waals surface area contributed by atoms with Crippen LogP contribution < -0.4 is 5.32 Å². The highest BCUT2D eigenvalue weighted by atomic mass is 35.5. The quantitative estimate of drug-likeness (QED) is 0.628. The van der Waals surface area contributed by atoms with Gasteiger partial charge < -0.3 is 5.32 Å². The van der Waals surface area contributed by atoms with E-state index < -0.39 is 0 Å². The van der Waals surface area contributed by atoms with Crippen LogP contribution in [-0.2, 0) is 0 Å². The van der Waals surface area contributed by atoms with E-state index in [1.807, 2.05) is 11.8 Å². The first kappa shape index (κ1) is 9.17. The number of halogens is 1. The molecule has 0 saturated heterocycles. The summed E-state index contributed by atoms with van der Waals surface area (Å²) in [7, 11) is 0. The lowest BCUT2D eigenvalue weighted by molar-refractivity contribution is 0.686. The van der Waals surface area contributed by atoms with Gasteiger partial charge in [-0.2, -0.15) is 0 Å². The average molecular weight is 190 g/mol. The molecule has 0 radical (unpaired) electrons. The summed E-state index contributed by atoms with van der Waals surface area (Å²) in [6.07, 6.45) is 4.66. The lowest BCUT2D eigenvalue weighted by atomic mass is 10.1. The van der Waals surface area contributed by atoms with E-state index in [4.69, 9.17) is 0 Å². The largest absolute Gasteiger partial charge is 0.313 e. The zero-order valence-corrected chi connectivity index (χ0v) is 7.93. The fourth-order valence-corrected chi connectivity index (χ4v) is 2.26. The molecule has 0 aromatic heterocycles. The van der Waals surface area contributed by atoms with Gasteiger partial charge in [0.1, 0.15) is 0 Å². The summed E-state index contributed by atoms with van der Waals surface area (Å²) < 4.78 is 0. The summed E-state index contributed by atoms with van der Waals surface area (Å²) in [6, 6.07) is 0. The first-order valence-corrected chi connectivity index (χ1v) is 4.58. The molecule has 0 spiro atoms. The van der Waals surface area contributed by atoms with Gasteiger partial charge in [-0.05, 0) is 35.3 Å². The van der Waals surface area contributed by atoms with E-state index in [0.29, 0.717) is 0 Å². The lowest BCUT2D eigenvalue weighted by Crippen LogP contribution is -2.24. The van der Waals surface area contributed by atoms with Crippen molar-refractivity contribution in [3.05, 3.63) is 22.0 Å². The number of nitrogens with one attached hydrogen (secondary N) is 1. The highest BCUT2D eigenvalue weighted by Gasteiger charge is 2.12. The third-order valence-corrected chi connectivity index (χ3v) is 3.04. The van der Waals surface area contributed by atoms with E-state index in [1.54, 1.807) is 10.5 Å². The summed E-state index contributed by atoms with van der Waals surface area (Å²) in [5, 5.41) is 5.59. The van der Waals surface area contributed by atoms with Crippen LogP contribution in [0.15, 0.2) is 22.0 Å². The fraction of sp³-hybridized carbons (Fsp3) is 0.500. The predicted molar refractivity (Wildman–Crippen MR) is 53.1 cm³/mol. The van der Waals surface area contributed by atoms with Crippen LogP contribution in [0.4, 0.5) is 0 Å². The maximum atomic E-state index is 3.38. The fourth-order valence-electron chi connectivity index (χ4n) is 1.37. The van der Waals surface area contributed by atoms with Crippen LogP contribution in [0.5, 0.6) is 0 Å². The topological polar surface area (TPSA) is 12.0 Å². The van der Waals surface area contributed by atoms with Gasteiger partial charge in [0.25, 0.3) is 0 Å². The molecule has 1 nitrogen and oxygen atoms in total. The Labute approximate surface area is 77.7 Å². The molecule has 3 heteroatoms. The number of allylic oxidation sites excluding steroid dienone is 1. The molecule has 1 N–H and O–H groups in total. The van der Waals surface area contributed by atoms with E-state index in [-0.39, 0.29) is 12.4 Å². The third kappa shape index (κ3) is 2.01. The summed E-state index contributed by atoms with van der Waals surface area (Å²) >= 11 is 1.91. The monoisotopic (exact) mass is 189 g/mol. The van der Waals surface area contributed by atoms with Gasteiger partial charge >= 0.3 is 0 Å². The van der Waals surface area contributed by atoms with Gasteiger partial charge in [0.2, 0.25) is 0 Å². The molecular weight excluding hydrogens is 178 g/mol. The smallest absolute Gasteiger partial charge is 0.0178 e. The molecule has 0 aromatic rings. The molecule has 2 aliphatic heterocycles. The Morgan fingerprint density at radius 3 is 3.18 bits per heavy atom. The number of rotatable bonds is 0. The minimum atomic E-state index is 0. The third-order valence-electron chi connectivity index (χ3n) is 1.93. The summed E-state index contributed by atoms with van der Waals surface area (Å²) in [4.78, 5) is 1.61. The Balaban J connectivity index is 0.000000605. The lowest BCUT2D eigenvalue weighted by Gasteiger charge is -2.21. The van der Waals surface area contributed by atoms with Crippen LogP contribution >= 0.6 is 24.2 Å². The molecule has 2 aliphatic rings. The van der Waals surface area contributed by atoms with Gasteiger partial charge in [0.05, 0.1) is 0 Å². The van der Waals surface area contributed by atoms with Crippen LogP contribution in [0.1, 0.15) is 12.8 Å². The van der Waals surface area contributed by atoms with Crippen LogP contribution in [0.25, 0.3) is 0 Å². The minimum absolute atomic E-state index is 0. The van der Waals surface area contributed by atoms with Gasteiger partial charge in [-0.25, -0.2) is 0 Å². The maximum Gasteiger partial charge on any atom is 0.0178 e. The second kappa shape index (κ2) is 4.19. The van der Waals surface area contributed by atoms with E-state index in [1.165, 1.54) is 19.4 Å². The molecule has 11 heavy (non-hydrogen) atoms. The van der Waals surface area contributed by atoms with Crippen LogP contribution in [0, 0.1) is 0 Å². The van der Waals surface area contributed by atoms with Gasteiger partial charge in [-0.1, -0.05) is 6.08 Å². The maximum absolute atomic E-state index is 3.38. The normalized spacial score (nSPS) is 22.5. The molecule has 0 unspecified atom stereocenters. The Morgan fingerprint density at radius 2 is 2.36 bits per heavy atom. The van der Waals surface area contributed by atoms with Crippen molar-refractivity contribution in [3.8, 4) is 0 Å². The molecule has 0 atom stereocenters. The second-order valence-corrected chi connectivity index (χ2v) is 3.65. The zero-order valence-electron chi connectivity index (χ0n) is 6.30. The van der Waals surface area contributed by atoms with Crippen molar-refractivity contribution >= 4 is 24.2 Å². The molecule has 0 aromatic carbocycles. The molecule has 2 rings (SSSR count). The standard InChI is InChI=1S/C8H11NS.ClH/c1-2-7-6-9-4-3-8(7)10-5-1;/h1,5,9H,2-4,6H2;1H. The number of thioether (sulfide) groups is 1. The highest BCUT2D eigenvalue weighted by molar-refractivity contribution is 8.05. The van der Waals surface area contributed by atoms with Crippen LogP contribution in [-0.4, -0.2) is 13.1 Å². The van der Waals surface area contributed by atoms with Crippen molar-refractivity contribution in [1.29, 1.82) is 0 Å². The van der Waals surface area contributed by atoms with Crippen molar-refractivity contribution in [2.24, 2.45) is 0 Å². The summed E-state index contributed by atoms with van der Waals surface area (Å²) in [5.41, 5.74) is 1.61. The number of hydrogen-bond donors (Lipinski definition) is 1. The van der Waals surface area contributed by atoms with Crippen molar-refractivity contribution in [1.82, 2.24) is 5.32 Å². The molecule has 2 heterocycles. The van der Waals surface area contributed by atoms with Gasteiger partial charge in [0.15, 0.2) is 0 Å². The van der Waals surface area contributed by atoms with Crippen molar-refractivity contribution in [2.75, 3.05) is 13.1 Å². The predicted octanol–water partition coefficient (Wildman–Crippen LogP) is 2.31. The zero-order chi connectivity index (χ0) is 6.81. The van der Waals surface area contributed by atoms with E-state index in [9.17, 15) is 0 Å². The molecule has 62 valence electrons. The van der Waals surface area contributed by atoms with Crippen molar-refractivity contribution < 1.29 is 0 Å². The van der Waals surface area contributed by atoms with Gasteiger partial charge in [-0.3, -0.25) is 0 Å².